The summed E-state index contributed by atoms with van der Waals surface area (Å²) >= 11 is 18.2. The van der Waals surface area contributed by atoms with Crippen LogP contribution in [0, 0.1) is 17.2 Å². The van der Waals surface area contributed by atoms with Crippen LogP contribution in [0.25, 0.3) is 5.69 Å². The van der Waals surface area contributed by atoms with E-state index in [1.807, 2.05) is 6.07 Å². The fraction of sp³-hybridized carbons (Fsp3) is 0.267. The molecule has 1 heterocycles. The number of hydrogen-bond acceptors (Lipinski definition) is 3. The lowest BCUT2D eigenvalue weighted by atomic mass is 9.85. The maximum Gasteiger partial charge on any atom is 0.228 e. The van der Waals surface area contributed by atoms with Gasteiger partial charge in [0.05, 0.1) is 27.0 Å². The topological polar surface area (TPSA) is 70.7 Å². The molecule has 1 saturated carbocycles. The van der Waals surface area contributed by atoms with Gasteiger partial charge in [-0.05, 0) is 25.0 Å². The van der Waals surface area contributed by atoms with Crippen molar-refractivity contribution in [2.45, 2.75) is 19.3 Å². The zero-order valence-corrected chi connectivity index (χ0v) is 14.1. The molecule has 0 bridgehead atoms. The molecule has 5 nitrogen and oxygen atoms in total. The minimum Gasteiger partial charge on any atom is -0.309 e. The zero-order chi connectivity index (χ0) is 16.6. The number of aromatic nitrogens is 2. The highest BCUT2D eigenvalue weighted by atomic mass is 35.5. The molecule has 1 aliphatic carbocycles. The minimum atomic E-state index is -0.120. The van der Waals surface area contributed by atoms with E-state index in [0.717, 1.165) is 19.3 Å². The number of nitriles is 1. The number of nitrogens with zero attached hydrogens (tertiary/aromatic N) is 3. The number of carbonyl (C=O) groups excluding carboxylic acids is 1. The average molecular weight is 370 g/mol. The molecule has 1 aromatic heterocycles. The molecule has 1 aliphatic rings. The van der Waals surface area contributed by atoms with Crippen LogP contribution in [-0.4, -0.2) is 15.7 Å². The Morgan fingerprint density at radius 3 is 2.65 bits per heavy atom. The summed E-state index contributed by atoms with van der Waals surface area (Å²) in [6.45, 7) is 0. The molecule has 3 rings (SSSR count). The van der Waals surface area contributed by atoms with Gasteiger partial charge in [0.15, 0.2) is 5.82 Å². The standard InChI is InChI=1S/C15H11Cl3N4O/c16-10-4-5-11(13(18)12(10)17)22-14(9(6-19)7-20-22)21-15(23)8-2-1-3-8/h4-5,7-8H,1-3H2,(H,21,23). The van der Waals surface area contributed by atoms with E-state index in [1.165, 1.54) is 10.9 Å². The van der Waals surface area contributed by atoms with Gasteiger partial charge in [0.1, 0.15) is 11.6 Å². The summed E-state index contributed by atoms with van der Waals surface area (Å²) in [5.74, 6) is 0.143. The van der Waals surface area contributed by atoms with Crippen LogP contribution < -0.4 is 5.32 Å². The third-order valence-corrected chi connectivity index (χ3v) is 5.13. The van der Waals surface area contributed by atoms with E-state index in [9.17, 15) is 10.1 Å². The van der Waals surface area contributed by atoms with Crippen molar-refractivity contribution >= 4 is 46.5 Å². The molecule has 0 radical (unpaired) electrons. The molecule has 2 aromatic rings. The third kappa shape index (κ3) is 2.90. The number of rotatable bonds is 3. The molecule has 1 aromatic carbocycles. The molecule has 1 fully saturated rings. The first-order chi connectivity index (χ1) is 11.0. The maximum absolute atomic E-state index is 12.2. The fourth-order valence-electron chi connectivity index (χ4n) is 2.30. The van der Waals surface area contributed by atoms with Crippen molar-refractivity contribution in [2.75, 3.05) is 5.32 Å². The quantitative estimate of drug-likeness (QED) is 0.813. The number of carbonyl (C=O) groups is 1. The van der Waals surface area contributed by atoms with Gasteiger partial charge in [0, 0.05) is 5.92 Å². The summed E-state index contributed by atoms with van der Waals surface area (Å²) in [6.07, 6.45) is 4.13. The predicted molar refractivity (Wildman–Crippen MR) is 89.3 cm³/mol. The molecular weight excluding hydrogens is 359 g/mol. The highest BCUT2D eigenvalue weighted by Crippen LogP contribution is 2.36. The Bertz CT molecular complexity index is 821. The second-order valence-electron chi connectivity index (χ2n) is 5.24. The van der Waals surface area contributed by atoms with Gasteiger partial charge < -0.3 is 5.32 Å². The third-order valence-electron chi connectivity index (χ3n) is 3.85. The van der Waals surface area contributed by atoms with Crippen LogP contribution in [0.1, 0.15) is 24.8 Å². The van der Waals surface area contributed by atoms with E-state index >= 15 is 0 Å². The number of benzene rings is 1. The normalized spacial score (nSPS) is 14.2. The van der Waals surface area contributed by atoms with Crippen LogP contribution >= 0.6 is 34.8 Å². The molecule has 1 N–H and O–H groups in total. The van der Waals surface area contributed by atoms with Gasteiger partial charge >= 0.3 is 0 Å². The van der Waals surface area contributed by atoms with Gasteiger partial charge in [-0.15, -0.1) is 0 Å². The van der Waals surface area contributed by atoms with Crippen molar-refractivity contribution in [2.24, 2.45) is 5.92 Å². The van der Waals surface area contributed by atoms with Gasteiger partial charge in [0.2, 0.25) is 5.91 Å². The van der Waals surface area contributed by atoms with Crippen LogP contribution in [0.15, 0.2) is 18.3 Å². The van der Waals surface area contributed by atoms with Crippen LogP contribution in [-0.2, 0) is 4.79 Å². The Hall–Kier alpha value is -1.74. The Labute approximate surface area is 147 Å². The molecule has 1 amide bonds. The Morgan fingerprint density at radius 2 is 2.04 bits per heavy atom. The molecule has 0 spiro atoms. The van der Waals surface area contributed by atoms with Crippen molar-refractivity contribution in [3.8, 4) is 11.8 Å². The zero-order valence-electron chi connectivity index (χ0n) is 11.8. The molecule has 0 atom stereocenters. The van der Waals surface area contributed by atoms with Crippen molar-refractivity contribution in [3.63, 3.8) is 0 Å². The van der Waals surface area contributed by atoms with Crippen molar-refractivity contribution in [3.05, 3.63) is 39.0 Å². The van der Waals surface area contributed by atoms with Gasteiger partial charge in [-0.1, -0.05) is 41.2 Å². The Kier molecular flexibility index (Phi) is 4.49. The summed E-state index contributed by atoms with van der Waals surface area (Å²) in [5, 5.41) is 16.9. The smallest absolute Gasteiger partial charge is 0.228 e. The number of nitrogens with one attached hydrogen (secondary N) is 1. The van der Waals surface area contributed by atoms with E-state index in [-0.39, 0.29) is 33.3 Å². The largest absolute Gasteiger partial charge is 0.309 e. The number of hydrogen-bond donors (Lipinski definition) is 1. The first-order valence-corrected chi connectivity index (χ1v) is 8.09. The lowest BCUT2D eigenvalue weighted by molar-refractivity contribution is -0.122. The van der Waals surface area contributed by atoms with E-state index < -0.39 is 0 Å². The molecule has 0 saturated heterocycles. The SMILES string of the molecule is N#Cc1cnn(-c2ccc(Cl)c(Cl)c2Cl)c1NC(=O)C1CCC1. The van der Waals surface area contributed by atoms with E-state index in [1.54, 1.807) is 12.1 Å². The molecular formula is C15H11Cl3N4O. The molecule has 23 heavy (non-hydrogen) atoms. The number of amides is 1. The fourth-order valence-corrected chi connectivity index (χ4v) is 2.91. The van der Waals surface area contributed by atoms with Crippen LogP contribution in [0.5, 0.6) is 0 Å². The van der Waals surface area contributed by atoms with Crippen molar-refractivity contribution < 1.29 is 4.79 Å². The lowest BCUT2D eigenvalue weighted by Gasteiger charge is -2.24. The Balaban J connectivity index is 2.03. The van der Waals surface area contributed by atoms with Crippen molar-refractivity contribution in [1.82, 2.24) is 9.78 Å². The lowest BCUT2D eigenvalue weighted by Crippen LogP contribution is -2.29. The predicted octanol–water partition coefficient (Wildman–Crippen LogP) is 4.44. The summed E-state index contributed by atoms with van der Waals surface area (Å²) < 4.78 is 1.39. The molecule has 0 unspecified atom stereocenters. The van der Waals surface area contributed by atoms with Gasteiger partial charge in [-0.3, -0.25) is 4.79 Å². The highest BCUT2D eigenvalue weighted by molar-refractivity contribution is 6.48. The van der Waals surface area contributed by atoms with E-state index in [4.69, 9.17) is 34.8 Å². The highest BCUT2D eigenvalue weighted by Gasteiger charge is 2.27. The monoisotopic (exact) mass is 368 g/mol. The summed E-state index contributed by atoms with van der Waals surface area (Å²) in [6, 6.07) is 5.22. The van der Waals surface area contributed by atoms with Crippen LogP contribution in [0.4, 0.5) is 5.82 Å². The van der Waals surface area contributed by atoms with E-state index in [2.05, 4.69) is 10.4 Å². The number of halogens is 3. The first kappa shape index (κ1) is 16.1. The summed E-state index contributed by atoms with van der Waals surface area (Å²) in [4.78, 5) is 12.2. The second kappa shape index (κ2) is 6.40. The second-order valence-corrected chi connectivity index (χ2v) is 6.41. The van der Waals surface area contributed by atoms with Gasteiger partial charge in [-0.25, -0.2) is 4.68 Å². The minimum absolute atomic E-state index is 0.0193. The molecule has 118 valence electrons. The van der Waals surface area contributed by atoms with Crippen LogP contribution in [0.3, 0.4) is 0 Å². The van der Waals surface area contributed by atoms with Crippen molar-refractivity contribution in [1.29, 1.82) is 5.26 Å². The van der Waals surface area contributed by atoms with Crippen LogP contribution in [0.2, 0.25) is 15.1 Å². The summed E-state index contributed by atoms with van der Waals surface area (Å²) in [5.41, 5.74) is 0.686. The molecule has 0 aliphatic heterocycles. The Morgan fingerprint density at radius 1 is 1.30 bits per heavy atom. The maximum atomic E-state index is 12.2. The summed E-state index contributed by atoms with van der Waals surface area (Å²) in [7, 11) is 0. The van der Waals surface area contributed by atoms with Gasteiger partial charge in [0.25, 0.3) is 0 Å². The molecule has 8 heteroatoms. The first-order valence-electron chi connectivity index (χ1n) is 6.95. The van der Waals surface area contributed by atoms with Gasteiger partial charge in [-0.2, -0.15) is 10.4 Å². The van der Waals surface area contributed by atoms with E-state index in [0.29, 0.717) is 10.7 Å². The average Bonchev–Trinajstić information content (AvgIpc) is 2.86. The number of anilines is 1.